The van der Waals surface area contributed by atoms with Gasteiger partial charge in [0.15, 0.2) is 5.65 Å². The average molecular weight is 503 g/mol. The summed E-state index contributed by atoms with van der Waals surface area (Å²) >= 11 is 0. The number of anilines is 1. The predicted molar refractivity (Wildman–Crippen MR) is 121 cm³/mol. The summed E-state index contributed by atoms with van der Waals surface area (Å²) in [7, 11) is 2.87. The smallest absolute Gasteiger partial charge is 0.319 e. The number of ether oxygens (including phenoxy) is 2. The molecule has 1 unspecified atom stereocenters. The highest BCUT2D eigenvalue weighted by Crippen LogP contribution is 2.63. The van der Waals surface area contributed by atoms with Crippen molar-refractivity contribution in [3.8, 4) is 23.1 Å². The van der Waals surface area contributed by atoms with Crippen LogP contribution in [0.5, 0.6) is 11.9 Å². The molecule has 36 heavy (non-hydrogen) atoms. The van der Waals surface area contributed by atoms with Gasteiger partial charge in [0.2, 0.25) is 11.8 Å². The summed E-state index contributed by atoms with van der Waals surface area (Å²) in [4.78, 5) is 26.7. The van der Waals surface area contributed by atoms with E-state index >= 15 is 8.78 Å². The molecule has 1 N–H and O–H groups in total. The molecular formula is C23H24F3N7O3. The summed E-state index contributed by atoms with van der Waals surface area (Å²) in [5.74, 6) is -4.56. The third-order valence-electron chi connectivity index (χ3n) is 7.31. The lowest BCUT2D eigenvalue weighted by molar-refractivity contribution is -0.176. The van der Waals surface area contributed by atoms with Crippen LogP contribution in [0.15, 0.2) is 24.7 Å². The molecule has 7 rings (SSSR count). The fourth-order valence-corrected chi connectivity index (χ4v) is 5.66. The van der Waals surface area contributed by atoms with Gasteiger partial charge in [0, 0.05) is 56.4 Å². The van der Waals surface area contributed by atoms with Gasteiger partial charge in [-0.25, -0.2) is 27.7 Å². The predicted octanol–water partition coefficient (Wildman–Crippen LogP) is 2.43. The highest BCUT2D eigenvalue weighted by Gasteiger charge is 2.70. The van der Waals surface area contributed by atoms with Gasteiger partial charge in [0.05, 0.1) is 37.9 Å². The van der Waals surface area contributed by atoms with Gasteiger partial charge < -0.3 is 19.7 Å². The number of amides is 1. The molecule has 0 aromatic carbocycles. The number of methoxy groups -OCH3 is 2. The monoisotopic (exact) mass is 503 g/mol. The quantitative estimate of drug-likeness (QED) is 0.524. The Labute approximate surface area is 203 Å². The Morgan fingerprint density at radius 3 is 2.67 bits per heavy atom. The molecule has 1 aliphatic heterocycles. The van der Waals surface area contributed by atoms with Crippen LogP contribution in [0.1, 0.15) is 25.7 Å². The van der Waals surface area contributed by atoms with E-state index in [-0.39, 0.29) is 44.1 Å². The Hall–Kier alpha value is -3.64. The number of hydrogen-bond acceptors (Lipinski definition) is 8. The number of nitrogens with one attached hydrogen (secondary N) is 1. The van der Waals surface area contributed by atoms with Gasteiger partial charge in [-0.1, -0.05) is 0 Å². The largest absolute Gasteiger partial charge is 0.480 e. The van der Waals surface area contributed by atoms with E-state index < -0.39 is 35.5 Å². The molecule has 13 heteroatoms. The number of imidazole rings is 1. The Kier molecular flexibility index (Phi) is 4.86. The number of aromatic nitrogens is 5. The number of halogens is 3. The van der Waals surface area contributed by atoms with Crippen LogP contribution < -0.4 is 19.7 Å². The summed E-state index contributed by atoms with van der Waals surface area (Å²) in [6.45, 7) is -0.630. The molecule has 4 aliphatic rings. The number of rotatable bonds is 7. The zero-order valence-corrected chi connectivity index (χ0v) is 19.7. The fraction of sp³-hybridized carbons (Fsp3) is 0.522. The minimum Gasteiger partial charge on any atom is -0.480 e. The van der Waals surface area contributed by atoms with Gasteiger partial charge in [0.25, 0.3) is 5.92 Å². The summed E-state index contributed by atoms with van der Waals surface area (Å²) in [5, 5.41) is 7.30. The second-order valence-corrected chi connectivity index (χ2v) is 9.94. The van der Waals surface area contributed by atoms with Crippen LogP contribution in [0.2, 0.25) is 0 Å². The number of nitrogens with zero attached hydrogens (tertiary/aromatic N) is 6. The van der Waals surface area contributed by atoms with Crippen molar-refractivity contribution in [3.63, 3.8) is 0 Å². The Morgan fingerprint density at radius 1 is 1.19 bits per heavy atom. The zero-order valence-electron chi connectivity index (χ0n) is 19.7. The zero-order chi connectivity index (χ0) is 25.3. The average Bonchev–Trinajstić information content (AvgIpc) is 3.39. The third kappa shape index (κ3) is 3.59. The Balaban J connectivity index is 1.27. The lowest BCUT2D eigenvalue weighted by atomic mass is 9.47. The van der Waals surface area contributed by atoms with Crippen molar-refractivity contribution in [3.05, 3.63) is 24.7 Å². The van der Waals surface area contributed by atoms with Gasteiger partial charge in [-0.05, 0) is 6.07 Å². The van der Waals surface area contributed by atoms with Gasteiger partial charge in [-0.2, -0.15) is 10.1 Å². The van der Waals surface area contributed by atoms with Gasteiger partial charge in [-0.3, -0.25) is 4.79 Å². The van der Waals surface area contributed by atoms with Crippen molar-refractivity contribution in [2.75, 3.05) is 32.2 Å². The molecule has 4 fully saturated rings. The Bertz CT molecular complexity index is 1340. The lowest BCUT2D eigenvalue weighted by Crippen LogP contribution is -2.76. The standard InChI is InChI=1S/C23H24F3N7O3/c1-35-19-14(7-28-20(29-19)36-2)15-6-16(18-27-3-4-33(18)31-15)32-8-13(23(25,26)12-32)5-17(34)30-22-9-21(24,10-22)11-22/h3-4,6-7,13H,5,8-12H2,1-2H3,(H,30,34). The first-order chi connectivity index (χ1) is 17.1. The first kappa shape index (κ1) is 22.8. The Morgan fingerprint density at radius 2 is 1.97 bits per heavy atom. The molecule has 3 aliphatic carbocycles. The fourth-order valence-electron chi connectivity index (χ4n) is 5.66. The molecule has 4 heterocycles. The van der Waals surface area contributed by atoms with Crippen molar-refractivity contribution in [2.45, 2.75) is 42.8 Å². The highest BCUT2D eigenvalue weighted by atomic mass is 19.3. The van der Waals surface area contributed by atoms with Gasteiger partial charge in [0.1, 0.15) is 11.4 Å². The molecule has 3 saturated carbocycles. The van der Waals surface area contributed by atoms with Crippen LogP contribution in [0.4, 0.5) is 18.9 Å². The molecule has 190 valence electrons. The van der Waals surface area contributed by atoms with Crippen LogP contribution >= 0.6 is 0 Å². The summed E-state index contributed by atoms with van der Waals surface area (Å²) < 4.78 is 55.8. The van der Waals surface area contributed by atoms with Crippen molar-refractivity contribution >= 4 is 17.2 Å². The van der Waals surface area contributed by atoms with Crippen LogP contribution in [-0.2, 0) is 4.79 Å². The molecule has 1 atom stereocenters. The van der Waals surface area contributed by atoms with E-state index in [1.165, 1.54) is 36.0 Å². The van der Waals surface area contributed by atoms with Crippen LogP contribution in [0.25, 0.3) is 16.9 Å². The second-order valence-electron chi connectivity index (χ2n) is 9.94. The van der Waals surface area contributed by atoms with Crippen LogP contribution in [-0.4, -0.2) is 74.9 Å². The number of carbonyl (C=O) groups is 1. The molecule has 10 nitrogen and oxygen atoms in total. The minimum absolute atomic E-state index is 0.0529. The maximum atomic E-state index is 15.1. The number of carbonyl (C=O) groups excluding carboxylic acids is 1. The first-order valence-corrected chi connectivity index (χ1v) is 11.6. The SMILES string of the molecule is COc1ncc(-c2cc(N3CC(CC(=O)NC45CC(F)(C4)C5)C(F)(F)C3)c3nccn3n2)c(OC)n1. The van der Waals surface area contributed by atoms with E-state index in [1.54, 1.807) is 12.3 Å². The van der Waals surface area contributed by atoms with Crippen molar-refractivity contribution in [2.24, 2.45) is 5.92 Å². The van der Waals surface area contributed by atoms with E-state index in [2.05, 4.69) is 25.4 Å². The van der Waals surface area contributed by atoms with Crippen LogP contribution in [0, 0.1) is 5.92 Å². The molecule has 1 saturated heterocycles. The van der Waals surface area contributed by atoms with E-state index in [1.807, 2.05) is 0 Å². The van der Waals surface area contributed by atoms with Gasteiger partial charge in [-0.15, -0.1) is 0 Å². The van der Waals surface area contributed by atoms with E-state index in [0.29, 0.717) is 22.6 Å². The maximum absolute atomic E-state index is 15.1. The number of alkyl halides is 3. The van der Waals surface area contributed by atoms with E-state index in [0.717, 1.165) is 0 Å². The first-order valence-electron chi connectivity index (χ1n) is 11.6. The summed E-state index contributed by atoms with van der Waals surface area (Å²) in [6.07, 6.45) is 5.10. The number of hydrogen-bond donors (Lipinski definition) is 1. The topological polar surface area (TPSA) is 107 Å². The van der Waals surface area contributed by atoms with Crippen LogP contribution in [0.3, 0.4) is 0 Å². The number of fused-ring (bicyclic) bond motifs is 1. The summed E-state index contributed by atoms with van der Waals surface area (Å²) in [5.41, 5.74) is -0.0435. The molecule has 2 bridgehead atoms. The van der Waals surface area contributed by atoms with Crippen molar-refractivity contribution in [1.82, 2.24) is 29.9 Å². The lowest BCUT2D eigenvalue weighted by Gasteiger charge is -2.65. The second kappa shape index (κ2) is 7.68. The van der Waals surface area contributed by atoms with Crippen molar-refractivity contribution < 1.29 is 27.4 Å². The minimum atomic E-state index is -3.11. The van der Waals surface area contributed by atoms with E-state index in [9.17, 15) is 9.18 Å². The molecule has 3 aromatic rings. The molecular weight excluding hydrogens is 479 g/mol. The normalized spacial score (nSPS) is 27.9. The third-order valence-corrected chi connectivity index (χ3v) is 7.31. The highest BCUT2D eigenvalue weighted by molar-refractivity contribution is 5.79. The molecule has 3 aromatic heterocycles. The summed E-state index contributed by atoms with van der Waals surface area (Å²) in [6, 6.07) is 1.75. The van der Waals surface area contributed by atoms with Crippen molar-refractivity contribution in [1.29, 1.82) is 0 Å². The van der Waals surface area contributed by atoms with Gasteiger partial charge >= 0.3 is 6.01 Å². The maximum Gasteiger partial charge on any atom is 0.319 e. The molecule has 0 spiro atoms. The molecule has 0 radical (unpaired) electrons. The van der Waals surface area contributed by atoms with E-state index in [4.69, 9.17) is 9.47 Å². The molecule has 1 amide bonds.